The Kier molecular flexibility index (Phi) is 7.70. The smallest absolute Gasteiger partial charge is 0.264 e. The number of H-pyrrole nitrogens is 1. The molecular formula is C26H28ClN3O5S. The number of aromatic nitrogens is 1. The number of sulfonamides is 1. The van der Waals surface area contributed by atoms with Gasteiger partial charge in [0.1, 0.15) is 11.3 Å². The molecule has 2 aromatic carbocycles. The van der Waals surface area contributed by atoms with Crippen molar-refractivity contribution < 1.29 is 17.9 Å². The van der Waals surface area contributed by atoms with Gasteiger partial charge in [-0.1, -0.05) is 23.3 Å². The van der Waals surface area contributed by atoms with E-state index in [-0.39, 0.29) is 21.5 Å². The van der Waals surface area contributed by atoms with Crippen molar-refractivity contribution in [1.29, 1.82) is 0 Å². The van der Waals surface area contributed by atoms with Crippen LogP contribution in [-0.2, 0) is 10.0 Å². The van der Waals surface area contributed by atoms with E-state index in [1.165, 1.54) is 56.6 Å². The number of anilines is 1. The molecule has 1 amide bonds. The zero-order chi connectivity index (χ0) is 25.9. The number of allylic oxidation sites excluding steroid dienone is 1. The summed E-state index contributed by atoms with van der Waals surface area (Å²) in [5.74, 6) is -0.171. The molecule has 0 atom stereocenters. The lowest BCUT2D eigenvalue weighted by atomic mass is 9.97. The van der Waals surface area contributed by atoms with Crippen LogP contribution in [0.3, 0.4) is 0 Å². The second kappa shape index (κ2) is 10.8. The van der Waals surface area contributed by atoms with Crippen molar-refractivity contribution in [3.63, 3.8) is 0 Å². The fourth-order valence-electron chi connectivity index (χ4n) is 4.29. The molecule has 0 spiro atoms. The summed E-state index contributed by atoms with van der Waals surface area (Å²) < 4.78 is 33.1. The first-order valence-corrected chi connectivity index (χ1v) is 13.5. The van der Waals surface area contributed by atoms with Gasteiger partial charge in [0.2, 0.25) is 5.43 Å². The third kappa shape index (κ3) is 5.27. The number of hydrogen-bond donors (Lipinski definition) is 2. The summed E-state index contributed by atoms with van der Waals surface area (Å²) in [4.78, 5) is 28.7. The molecule has 0 bridgehead atoms. The minimum atomic E-state index is -4.07. The number of hydrogen-bond acceptors (Lipinski definition) is 5. The number of nitrogens with one attached hydrogen (secondary N) is 2. The maximum Gasteiger partial charge on any atom is 0.264 e. The van der Waals surface area contributed by atoms with E-state index in [1.807, 2.05) is 0 Å². The van der Waals surface area contributed by atoms with Crippen molar-refractivity contribution in [2.24, 2.45) is 0 Å². The SMILES string of the molecule is COc1ccc(Cl)cc1N(C)S(=O)(=O)c1ccc2[nH]cc(C(=O)NCCC3=CCCCC3)c(=O)c2c1. The van der Waals surface area contributed by atoms with E-state index in [1.54, 1.807) is 12.1 Å². The number of rotatable bonds is 8. The van der Waals surface area contributed by atoms with Gasteiger partial charge >= 0.3 is 0 Å². The Morgan fingerprint density at radius 3 is 2.72 bits per heavy atom. The summed E-state index contributed by atoms with van der Waals surface area (Å²) in [5, 5.41) is 3.25. The van der Waals surface area contributed by atoms with Crippen molar-refractivity contribution in [3.05, 3.63) is 75.1 Å². The number of carbonyl (C=O) groups is 1. The highest BCUT2D eigenvalue weighted by Gasteiger charge is 2.25. The van der Waals surface area contributed by atoms with Gasteiger partial charge in [0.15, 0.2) is 0 Å². The van der Waals surface area contributed by atoms with E-state index in [2.05, 4.69) is 16.4 Å². The minimum absolute atomic E-state index is 0.0699. The van der Waals surface area contributed by atoms with Gasteiger partial charge in [0.25, 0.3) is 15.9 Å². The van der Waals surface area contributed by atoms with Crippen LogP contribution >= 0.6 is 11.6 Å². The van der Waals surface area contributed by atoms with Crippen molar-refractivity contribution in [2.45, 2.75) is 37.0 Å². The summed E-state index contributed by atoms with van der Waals surface area (Å²) in [6.07, 6.45) is 8.79. The largest absolute Gasteiger partial charge is 0.495 e. The molecule has 1 heterocycles. The Labute approximate surface area is 215 Å². The standard InChI is InChI=1S/C26H28ClN3O5S/c1-30(23-14-18(27)8-11-24(23)35-2)36(33,34)19-9-10-22-20(15-19)25(31)21(16-29-22)26(32)28-13-12-17-6-4-3-5-7-17/h6,8-11,14-16H,3-5,7,12-13H2,1-2H3,(H,28,32)(H,29,31). The van der Waals surface area contributed by atoms with Gasteiger partial charge in [-0.3, -0.25) is 13.9 Å². The van der Waals surface area contributed by atoms with E-state index in [0.29, 0.717) is 22.8 Å². The summed E-state index contributed by atoms with van der Waals surface area (Å²) in [6.45, 7) is 0.433. The van der Waals surface area contributed by atoms with Crippen LogP contribution < -0.4 is 19.8 Å². The number of aromatic amines is 1. The quantitative estimate of drug-likeness (QED) is 0.413. The molecule has 36 heavy (non-hydrogen) atoms. The second-order valence-electron chi connectivity index (χ2n) is 8.64. The maximum absolute atomic E-state index is 13.4. The average Bonchev–Trinajstić information content (AvgIpc) is 2.88. The molecule has 0 unspecified atom stereocenters. The molecule has 0 saturated carbocycles. The molecule has 0 radical (unpaired) electrons. The number of amides is 1. The van der Waals surface area contributed by atoms with Crippen LogP contribution in [0.25, 0.3) is 10.9 Å². The van der Waals surface area contributed by atoms with E-state index < -0.39 is 21.4 Å². The third-order valence-corrected chi connectivity index (χ3v) is 8.35. The molecule has 0 fully saturated rings. The normalized spacial score (nSPS) is 13.8. The molecular weight excluding hydrogens is 502 g/mol. The van der Waals surface area contributed by atoms with Gasteiger partial charge < -0.3 is 15.0 Å². The summed E-state index contributed by atoms with van der Waals surface area (Å²) in [7, 11) is -1.26. The van der Waals surface area contributed by atoms with Crippen LogP contribution in [0.15, 0.2) is 63.9 Å². The molecule has 0 saturated heterocycles. The average molecular weight is 530 g/mol. The van der Waals surface area contributed by atoms with Crippen molar-refractivity contribution >= 4 is 44.1 Å². The molecule has 1 aliphatic rings. The molecule has 8 nitrogen and oxygen atoms in total. The predicted molar refractivity (Wildman–Crippen MR) is 142 cm³/mol. The highest BCUT2D eigenvalue weighted by atomic mass is 35.5. The molecule has 2 N–H and O–H groups in total. The zero-order valence-electron chi connectivity index (χ0n) is 20.1. The van der Waals surface area contributed by atoms with Gasteiger partial charge in [-0.05, 0) is 68.5 Å². The molecule has 3 aromatic rings. The number of carbonyl (C=O) groups excluding carboxylic acids is 1. The van der Waals surface area contributed by atoms with Crippen LogP contribution in [-0.4, -0.2) is 40.0 Å². The Morgan fingerprint density at radius 1 is 1.19 bits per heavy atom. The Balaban J connectivity index is 1.62. The van der Waals surface area contributed by atoms with Crippen LogP contribution in [0.4, 0.5) is 5.69 Å². The van der Waals surface area contributed by atoms with Gasteiger partial charge in [0, 0.05) is 35.7 Å². The van der Waals surface area contributed by atoms with Gasteiger partial charge in [0.05, 0.1) is 17.7 Å². The van der Waals surface area contributed by atoms with E-state index in [4.69, 9.17) is 16.3 Å². The maximum atomic E-state index is 13.4. The molecule has 190 valence electrons. The molecule has 1 aromatic heterocycles. The van der Waals surface area contributed by atoms with Crippen LogP contribution in [0.1, 0.15) is 42.5 Å². The predicted octanol–water partition coefficient (Wildman–Crippen LogP) is 4.64. The summed E-state index contributed by atoms with van der Waals surface area (Å²) >= 11 is 6.08. The number of halogens is 1. The first-order valence-electron chi connectivity index (χ1n) is 11.7. The van der Waals surface area contributed by atoms with E-state index in [0.717, 1.165) is 30.0 Å². The van der Waals surface area contributed by atoms with E-state index in [9.17, 15) is 18.0 Å². The number of pyridine rings is 1. The van der Waals surface area contributed by atoms with Gasteiger partial charge in [-0.15, -0.1) is 0 Å². The number of fused-ring (bicyclic) bond motifs is 1. The Hall–Kier alpha value is -3.30. The Morgan fingerprint density at radius 2 is 2.00 bits per heavy atom. The monoisotopic (exact) mass is 529 g/mol. The van der Waals surface area contributed by atoms with Crippen LogP contribution in [0.2, 0.25) is 5.02 Å². The molecule has 4 rings (SSSR count). The molecule has 1 aliphatic carbocycles. The highest BCUT2D eigenvalue weighted by molar-refractivity contribution is 7.92. The molecule has 0 aliphatic heterocycles. The third-order valence-electron chi connectivity index (χ3n) is 6.35. The molecule has 10 heteroatoms. The van der Waals surface area contributed by atoms with Gasteiger partial charge in [-0.2, -0.15) is 0 Å². The number of nitrogens with zero attached hydrogens (tertiary/aromatic N) is 1. The minimum Gasteiger partial charge on any atom is -0.495 e. The van der Waals surface area contributed by atoms with Crippen LogP contribution in [0.5, 0.6) is 5.75 Å². The Bertz CT molecular complexity index is 1500. The topological polar surface area (TPSA) is 109 Å². The number of ether oxygens (including phenoxy) is 1. The first-order chi connectivity index (χ1) is 17.2. The van der Waals surface area contributed by atoms with E-state index >= 15 is 0 Å². The summed E-state index contributed by atoms with van der Waals surface area (Å²) in [5.41, 5.74) is 1.38. The lowest BCUT2D eigenvalue weighted by molar-refractivity contribution is 0.0953. The lowest BCUT2D eigenvalue weighted by Gasteiger charge is -2.22. The van der Waals surface area contributed by atoms with Crippen LogP contribution in [0, 0.1) is 0 Å². The highest BCUT2D eigenvalue weighted by Crippen LogP contribution is 2.34. The number of benzene rings is 2. The van der Waals surface area contributed by atoms with Gasteiger partial charge in [-0.25, -0.2) is 8.42 Å². The first kappa shape index (κ1) is 25.8. The fraction of sp³-hybridized carbons (Fsp3) is 0.308. The number of methoxy groups -OCH3 is 1. The fourth-order valence-corrected chi connectivity index (χ4v) is 5.68. The van der Waals surface area contributed by atoms with Crippen molar-refractivity contribution in [2.75, 3.05) is 25.0 Å². The lowest BCUT2D eigenvalue weighted by Crippen LogP contribution is -2.30. The summed E-state index contributed by atoms with van der Waals surface area (Å²) in [6, 6.07) is 8.84. The van der Waals surface area contributed by atoms with Crippen molar-refractivity contribution in [1.82, 2.24) is 10.3 Å². The zero-order valence-corrected chi connectivity index (χ0v) is 21.7. The van der Waals surface area contributed by atoms with Crippen molar-refractivity contribution in [3.8, 4) is 5.75 Å². The second-order valence-corrected chi connectivity index (χ2v) is 11.0.